The van der Waals surface area contributed by atoms with Gasteiger partial charge in [0.05, 0.1) is 16.5 Å². The summed E-state index contributed by atoms with van der Waals surface area (Å²) in [4.78, 5) is 27.2. The maximum Gasteiger partial charge on any atom is 0.265 e. The molecule has 0 unspecified atom stereocenters. The fraction of sp³-hybridized carbons (Fsp3) is 0.652. The third kappa shape index (κ3) is 4.37. The van der Waals surface area contributed by atoms with Gasteiger partial charge in [0, 0.05) is 32.2 Å². The lowest BCUT2D eigenvalue weighted by Gasteiger charge is -2.37. The largest absolute Gasteiger partial charge is 0.478 e. The lowest BCUT2D eigenvalue weighted by molar-refractivity contribution is -0.138. The fourth-order valence-corrected chi connectivity index (χ4v) is 6.57. The highest BCUT2D eigenvalue weighted by molar-refractivity contribution is 7.89. The quantitative estimate of drug-likeness (QED) is 0.741. The van der Waals surface area contributed by atoms with E-state index in [-0.39, 0.29) is 29.2 Å². The molecule has 2 atom stereocenters. The van der Waals surface area contributed by atoms with Crippen LogP contribution in [0.3, 0.4) is 0 Å². The smallest absolute Gasteiger partial charge is 0.265 e. The van der Waals surface area contributed by atoms with Gasteiger partial charge in [-0.15, -0.1) is 0 Å². The van der Waals surface area contributed by atoms with E-state index in [0.29, 0.717) is 48.7 Å². The van der Waals surface area contributed by atoms with E-state index < -0.39 is 16.1 Å². The number of nitrogens with one attached hydrogen (secondary N) is 1. The van der Waals surface area contributed by atoms with Crippen molar-refractivity contribution in [2.75, 3.05) is 31.5 Å². The summed E-state index contributed by atoms with van der Waals surface area (Å²) in [5.74, 6) is 0.557. The number of likely N-dealkylation sites (tertiary alicyclic amines) is 1. The topological polar surface area (TPSA) is 96.0 Å². The minimum absolute atomic E-state index is 0.0794. The molecule has 9 heteroatoms. The van der Waals surface area contributed by atoms with Gasteiger partial charge in [-0.05, 0) is 56.6 Å². The predicted molar refractivity (Wildman–Crippen MR) is 121 cm³/mol. The minimum atomic E-state index is -3.80. The highest BCUT2D eigenvalue weighted by atomic mass is 32.2. The Kier molecular flexibility index (Phi) is 6.49. The van der Waals surface area contributed by atoms with Crippen molar-refractivity contribution in [3.8, 4) is 5.75 Å². The van der Waals surface area contributed by atoms with Crippen LogP contribution in [0.4, 0.5) is 5.69 Å². The first-order valence-corrected chi connectivity index (χ1v) is 13.1. The number of hydrogen-bond donors (Lipinski definition) is 1. The normalized spacial score (nSPS) is 25.1. The summed E-state index contributed by atoms with van der Waals surface area (Å²) in [5, 5.41) is 2.80. The lowest BCUT2D eigenvalue weighted by atomic mass is 9.94. The van der Waals surface area contributed by atoms with Crippen LogP contribution in [0.15, 0.2) is 17.0 Å². The molecule has 1 N–H and O–H groups in total. The van der Waals surface area contributed by atoms with E-state index in [1.165, 1.54) is 10.4 Å². The summed E-state index contributed by atoms with van der Waals surface area (Å²) in [6.07, 6.45) is 3.24. The number of nitrogens with zero attached hydrogens (tertiary/aromatic N) is 2. The Hall–Kier alpha value is -2.13. The van der Waals surface area contributed by atoms with Crippen molar-refractivity contribution in [3.05, 3.63) is 17.7 Å². The van der Waals surface area contributed by atoms with E-state index in [4.69, 9.17) is 4.74 Å². The van der Waals surface area contributed by atoms with Crippen molar-refractivity contribution < 1.29 is 22.7 Å². The Morgan fingerprint density at radius 2 is 1.91 bits per heavy atom. The lowest BCUT2D eigenvalue weighted by Crippen LogP contribution is -2.48. The summed E-state index contributed by atoms with van der Waals surface area (Å²) in [6, 6.07) is 3.16. The molecular formula is C23H33N3O5S. The van der Waals surface area contributed by atoms with Gasteiger partial charge in [-0.3, -0.25) is 9.59 Å². The van der Waals surface area contributed by atoms with Gasteiger partial charge in [-0.1, -0.05) is 13.8 Å². The Balaban J connectivity index is 1.54. The second-order valence-corrected chi connectivity index (χ2v) is 11.2. The standard InChI is InChI=1S/C23H33N3O5S/c1-4-19-22(27)24-18-12-16(3)21(13-20(18)31-19)32(29,30)26-9-5-6-17(14-26)23(28)25-10-7-15(2)8-11-25/h12-13,15,17,19H,4-11,14H2,1-3H3,(H,24,27)/t17-,19-/m0/s1. The molecule has 1 aromatic rings. The molecule has 2 saturated heterocycles. The van der Waals surface area contributed by atoms with E-state index >= 15 is 0 Å². The number of benzene rings is 1. The first-order valence-electron chi connectivity index (χ1n) is 11.6. The van der Waals surface area contributed by atoms with Gasteiger partial charge in [0.25, 0.3) is 5.91 Å². The molecule has 3 aliphatic heterocycles. The van der Waals surface area contributed by atoms with Gasteiger partial charge < -0.3 is 15.0 Å². The van der Waals surface area contributed by atoms with Crippen LogP contribution in [0.25, 0.3) is 0 Å². The molecule has 4 rings (SSSR count). The number of aryl methyl sites for hydroxylation is 1. The molecule has 0 spiro atoms. The summed E-state index contributed by atoms with van der Waals surface area (Å²) >= 11 is 0. The van der Waals surface area contributed by atoms with Crippen LogP contribution in [0.1, 0.15) is 51.5 Å². The zero-order valence-electron chi connectivity index (χ0n) is 19.1. The van der Waals surface area contributed by atoms with Gasteiger partial charge in [-0.2, -0.15) is 4.31 Å². The van der Waals surface area contributed by atoms with E-state index in [1.807, 2.05) is 11.8 Å². The first-order chi connectivity index (χ1) is 15.2. The molecule has 2 fully saturated rings. The SMILES string of the molecule is CC[C@@H]1Oc2cc(S(=O)(=O)N3CCC[C@H](C(=O)N4CCC(C)CC4)C3)c(C)cc2NC1=O. The Morgan fingerprint density at radius 3 is 2.59 bits per heavy atom. The second-order valence-electron chi connectivity index (χ2n) is 9.33. The maximum atomic E-state index is 13.6. The highest BCUT2D eigenvalue weighted by Gasteiger charge is 2.37. The average molecular weight is 464 g/mol. The van der Waals surface area contributed by atoms with Crippen LogP contribution in [0, 0.1) is 18.8 Å². The summed E-state index contributed by atoms with van der Waals surface area (Å²) < 4.78 is 34.3. The number of ether oxygens (including phenoxy) is 1. The van der Waals surface area contributed by atoms with Crippen LogP contribution in [0.2, 0.25) is 0 Å². The molecular weight excluding hydrogens is 430 g/mol. The van der Waals surface area contributed by atoms with Crippen LogP contribution in [-0.2, 0) is 19.6 Å². The molecule has 3 aliphatic rings. The molecule has 32 heavy (non-hydrogen) atoms. The summed E-state index contributed by atoms with van der Waals surface area (Å²) in [6.45, 7) is 7.88. The molecule has 0 radical (unpaired) electrons. The number of carbonyl (C=O) groups is 2. The van der Waals surface area contributed by atoms with Gasteiger partial charge in [-0.25, -0.2) is 8.42 Å². The van der Waals surface area contributed by atoms with Crippen molar-refractivity contribution in [3.63, 3.8) is 0 Å². The number of hydrogen-bond acceptors (Lipinski definition) is 5. The van der Waals surface area contributed by atoms with Gasteiger partial charge in [0.1, 0.15) is 5.75 Å². The fourth-order valence-electron chi connectivity index (χ4n) is 4.82. The van der Waals surface area contributed by atoms with E-state index in [2.05, 4.69) is 12.2 Å². The third-order valence-corrected chi connectivity index (χ3v) is 8.92. The monoisotopic (exact) mass is 463 g/mol. The predicted octanol–water partition coefficient (Wildman–Crippen LogP) is 2.76. The highest BCUT2D eigenvalue weighted by Crippen LogP contribution is 2.37. The molecule has 176 valence electrons. The number of sulfonamides is 1. The van der Waals surface area contributed by atoms with Crippen molar-refractivity contribution in [2.24, 2.45) is 11.8 Å². The number of fused-ring (bicyclic) bond motifs is 1. The Labute approximate surface area is 190 Å². The molecule has 0 bridgehead atoms. The molecule has 1 aromatic carbocycles. The molecule has 2 amide bonds. The molecule has 0 aromatic heterocycles. The Bertz CT molecular complexity index is 1000. The van der Waals surface area contributed by atoms with Crippen LogP contribution < -0.4 is 10.1 Å². The summed E-state index contributed by atoms with van der Waals surface area (Å²) in [7, 11) is -3.80. The van der Waals surface area contributed by atoms with E-state index in [9.17, 15) is 18.0 Å². The van der Waals surface area contributed by atoms with Crippen LogP contribution in [-0.4, -0.2) is 61.7 Å². The van der Waals surface area contributed by atoms with Crippen LogP contribution >= 0.6 is 0 Å². The molecule has 0 aliphatic carbocycles. The Morgan fingerprint density at radius 1 is 1.19 bits per heavy atom. The number of carbonyl (C=O) groups excluding carboxylic acids is 2. The van der Waals surface area contributed by atoms with E-state index in [0.717, 1.165) is 25.9 Å². The van der Waals surface area contributed by atoms with Gasteiger partial charge in [0.15, 0.2) is 6.10 Å². The zero-order valence-corrected chi connectivity index (χ0v) is 19.9. The maximum absolute atomic E-state index is 13.6. The number of rotatable bonds is 4. The average Bonchev–Trinajstić information content (AvgIpc) is 2.78. The molecule has 3 heterocycles. The number of piperidine rings is 2. The molecule has 8 nitrogen and oxygen atoms in total. The minimum Gasteiger partial charge on any atom is -0.478 e. The van der Waals surface area contributed by atoms with Crippen molar-refractivity contribution in [2.45, 2.75) is 63.9 Å². The number of anilines is 1. The first kappa shape index (κ1) is 23.0. The van der Waals surface area contributed by atoms with Crippen molar-refractivity contribution in [1.82, 2.24) is 9.21 Å². The third-order valence-electron chi connectivity index (χ3n) is 6.91. The molecule has 0 saturated carbocycles. The second kappa shape index (κ2) is 9.02. The van der Waals surface area contributed by atoms with Crippen molar-refractivity contribution >= 4 is 27.5 Å². The zero-order chi connectivity index (χ0) is 23.0. The van der Waals surface area contributed by atoms with Gasteiger partial charge in [0.2, 0.25) is 15.9 Å². The van der Waals surface area contributed by atoms with E-state index in [1.54, 1.807) is 13.0 Å². The summed E-state index contributed by atoms with van der Waals surface area (Å²) in [5.41, 5.74) is 1.03. The number of amides is 2. The van der Waals surface area contributed by atoms with Gasteiger partial charge >= 0.3 is 0 Å². The van der Waals surface area contributed by atoms with Crippen molar-refractivity contribution in [1.29, 1.82) is 0 Å². The van der Waals surface area contributed by atoms with Crippen LogP contribution in [0.5, 0.6) is 5.75 Å².